The number of nitrogens with one attached hydrogen (secondary N) is 1. The second-order valence-electron chi connectivity index (χ2n) is 5.23. The Hall–Kier alpha value is -1.39. The smallest absolute Gasteiger partial charge is 0.190 e. The van der Waals surface area contributed by atoms with Gasteiger partial charge in [0.15, 0.2) is 5.13 Å². The summed E-state index contributed by atoms with van der Waals surface area (Å²) in [6.45, 7) is 5.28. The summed E-state index contributed by atoms with van der Waals surface area (Å²) in [6.07, 6.45) is 3.26. The molecule has 0 aliphatic heterocycles. The summed E-state index contributed by atoms with van der Waals surface area (Å²) < 4.78 is 0. The van der Waals surface area contributed by atoms with Gasteiger partial charge in [-0.15, -0.1) is 0 Å². The van der Waals surface area contributed by atoms with Crippen LogP contribution < -0.4 is 10.2 Å². The maximum absolute atomic E-state index is 4.84. The lowest BCUT2D eigenvalue weighted by Gasteiger charge is -2.16. The highest BCUT2D eigenvalue weighted by atomic mass is 32.1. The Bertz CT molecular complexity index is 536. The van der Waals surface area contributed by atoms with Crippen LogP contribution in [0.2, 0.25) is 0 Å². The van der Waals surface area contributed by atoms with Crippen LogP contribution in [-0.2, 0) is 19.4 Å². The van der Waals surface area contributed by atoms with Crippen LogP contribution in [-0.4, -0.2) is 19.1 Å². The van der Waals surface area contributed by atoms with Crippen molar-refractivity contribution in [3.8, 4) is 0 Å². The van der Waals surface area contributed by atoms with Crippen LogP contribution >= 0.6 is 11.3 Å². The van der Waals surface area contributed by atoms with Crippen LogP contribution in [0.1, 0.15) is 36.4 Å². The second-order valence-corrected chi connectivity index (χ2v) is 6.29. The van der Waals surface area contributed by atoms with Gasteiger partial charge in [-0.05, 0) is 37.6 Å². The fourth-order valence-electron chi connectivity index (χ4n) is 2.31. The zero-order valence-corrected chi connectivity index (χ0v) is 14.3. The zero-order valence-electron chi connectivity index (χ0n) is 13.4. The van der Waals surface area contributed by atoms with E-state index in [1.807, 2.05) is 7.05 Å². The molecule has 1 aromatic carbocycles. The fourth-order valence-corrected chi connectivity index (χ4v) is 3.41. The molecule has 0 saturated carbocycles. The van der Waals surface area contributed by atoms with Gasteiger partial charge in [-0.2, -0.15) is 0 Å². The first-order valence-electron chi connectivity index (χ1n) is 7.65. The van der Waals surface area contributed by atoms with Gasteiger partial charge in [0.25, 0.3) is 0 Å². The third-order valence-corrected chi connectivity index (χ3v) is 4.78. The molecule has 0 bridgehead atoms. The van der Waals surface area contributed by atoms with Crippen LogP contribution in [0.15, 0.2) is 24.3 Å². The quantitative estimate of drug-likeness (QED) is 0.833. The summed E-state index contributed by atoms with van der Waals surface area (Å²) in [5.74, 6) is 0. The van der Waals surface area contributed by atoms with E-state index in [4.69, 9.17) is 4.98 Å². The van der Waals surface area contributed by atoms with Crippen LogP contribution in [0, 0.1) is 0 Å². The molecule has 0 radical (unpaired) electrons. The first kappa shape index (κ1) is 16.0. The molecule has 0 aliphatic rings. The normalized spacial score (nSPS) is 10.9. The van der Waals surface area contributed by atoms with Crippen molar-refractivity contribution in [2.24, 2.45) is 0 Å². The van der Waals surface area contributed by atoms with E-state index in [-0.39, 0.29) is 0 Å². The lowest BCUT2D eigenvalue weighted by atomic mass is 10.1. The first-order chi connectivity index (χ1) is 10.2. The molecule has 2 rings (SSSR count). The van der Waals surface area contributed by atoms with Gasteiger partial charge in [0.2, 0.25) is 0 Å². The predicted octanol–water partition coefficient (Wildman–Crippen LogP) is 4.15. The van der Waals surface area contributed by atoms with Gasteiger partial charge in [-0.1, -0.05) is 43.7 Å². The first-order valence-corrected chi connectivity index (χ1v) is 8.47. The predicted molar refractivity (Wildman–Crippen MR) is 92.8 cm³/mol. The minimum absolute atomic E-state index is 0.898. The lowest BCUT2D eigenvalue weighted by Crippen LogP contribution is -2.09. The summed E-state index contributed by atoms with van der Waals surface area (Å²) in [6, 6.07) is 8.75. The van der Waals surface area contributed by atoms with Crippen LogP contribution in [0.5, 0.6) is 0 Å². The molecule has 1 heterocycles. The third-order valence-electron chi connectivity index (χ3n) is 3.61. The average Bonchev–Trinajstić information content (AvgIpc) is 2.90. The van der Waals surface area contributed by atoms with E-state index in [0.29, 0.717) is 0 Å². The van der Waals surface area contributed by atoms with Gasteiger partial charge >= 0.3 is 0 Å². The topological polar surface area (TPSA) is 28.2 Å². The molecule has 0 atom stereocenters. The molecule has 1 N–H and O–H groups in total. The van der Waals surface area contributed by atoms with E-state index >= 15 is 0 Å². The number of aromatic nitrogens is 1. The number of aryl methyl sites for hydroxylation is 2. The van der Waals surface area contributed by atoms with E-state index in [1.54, 1.807) is 11.3 Å². The van der Waals surface area contributed by atoms with Crippen molar-refractivity contribution in [2.75, 3.05) is 19.0 Å². The van der Waals surface area contributed by atoms with Gasteiger partial charge in [0, 0.05) is 24.2 Å². The number of thiazole rings is 1. The molecule has 0 amide bonds. The van der Waals surface area contributed by atoms with Crippen molar-refractivity contribution in [2.45, 2.75) is 39.7 Å². The molecule has 2 aromatic rings. The maximum Gasteiger partial charge on any atom is 0.190 e. The van der Waals surface area contributed by atoms with Crippen molar-refractivity contribution in [3.05, 3.63) is 40.4 Å². The van der Waals surface area contributed by atoms with Crippen molar-refractivity contribution < 1.29 is 0 Å². The number of hydrogen-bond acceptors (Lipinski definition) is 4. The monoisotopic (exact) mass is 303 g/mol. The highest BCUT2D eigenvalue weighted by molar-refractivity contribution is 7.15. The SMILES string of the molecule is CCCc1nc(N(C)c2ccc(CC)cc2)sc1CNC. The van der Waals surface area contributed by atoms with Crippen molar-refractivity contribution in [1.29, 1.82) is 0 Å². The van der Waals surface area contributed by atoms with E-state index < -0.39 is 0 Å². The standard InChI is InChI=1S/C17H25N3S/c1-5-7-15-16(12-18-3)21-17(19-15)20(4)14-10-8-13(6-2)9-11-14/h8-11,18H,5-7,12H2,1-4H3. The van der Waals surface area contributed by atoms with Crippen molar-refractivity contribution in [1.82, 2.24) is 10.3 Å². The fraction of sp³-hybridized carbons (Fsp3) is 0.471. The summed E-state index contributed by atoms with van der Waals surface area (Å²) in [5, 5.41) is 4.32. The maximum atomic E-state index is 4.84. The van der Waals surface area contributed by atoms with Gasteiger partial charge in [-0.3, -0.25) is 0 Å². The van der Waals surface area contributed by atoms with Crippen molar-refractivity contribution in [3.63, 3.8) is 0 Å². The number of anilines is 2. The molecule has 0 aliphatic carbocycles. The van der Waals surface area contributed by atoms with Crippen LogP contribution in [0.3, 0.4) is 0 Å². The van der Waals surface area contributed by atoms with Crippen LogP contribution in [0.25, 0.3) is 0 Å². The van der Waals surface area contributed by atoms with Gasteiger partial charge in [-0.25, -0.2) is 4.98 Å². The second kappa shape index (κ2) is 7.57. The highest BCUT2D eigenvalue weighted by Crippen LogP contribution is 2.31. The summed E-state index contributed by atoms with van der Waals surface area (Å²) >= 11 is 1.79. The van der Waals surface area contributed by atoms with Gasteiger partial charge in [0.05, 0.1) is 5.69 Å². The van der Waals surface area contributed by atoms with E-state index in [2.05, 4.69) is 55.4 Å². The van der Waals surface area contributed by atoms with Gasteiger partial charge < -0.3 is 10.2 Å². The Labute approximate surface area is 132 Å². The minimum atomic E-state index is 0.898. The highest BCUT2D eigenvalue weighted by Gasteiger charge is 2.14. The molecule has 0 fully saturated rings. The minimum Gasteiger partial charge on any atom is -0.321 e. The number of hydrogen-bond donors (Lipinski definition) is 1. The van der Waals surface area contributed by atoms with Gasteiger partial charge in [0.1, 0.15) is 0 Å². The number of nitrogens with zero attached hydrogens (tertiary/aromatic N) is 2. The molecule has 21 heavy (non-hydrogen) atoms. The Morgan fingerprint density at radius 1 is 1.19 bits per heavy atom. The summed E-state index contributed by atoms with van der Waals surface area (Å²) in [7, 11) is 4.08. The molecule has 3 nitrogen and oxygen atoms in total. The zero-order chi connectivity index (χ0) is 15.2. The largest absolute Gasteiger partial charge is 0.321 e. The summed E-state index contributed by atoms with van der Waals surface area (Å²) in [4.78, 5) is 8.38. The average molecular weight is 303 g/mol. The molecule has 4 heteroatoms. The molecule has 114 valence electrons. The van der Waals surface area contributed by atoms with Crippen LogP contribution in [0.4, 0.5) is 10.8 Å². The Balaban J connectivity index is 2.24. The summed E-state index contributed by atoms with van der Waals surface area (Å²) in [5.41, 5.74) is 3.80. The lowest BCUT2D eigenvalue weighted by molar-refractivity contribution is 0.798. The van der Waals surface area contributed by atoms with E-state index in [9.17, 15) is 0 Å². The molecule has 0 spiro atoms. The van der Waals surface area contributed by atoms with E-state index in [1.165, 1.54) is 21.8 Å². The molecule has 0 saturated heterocycles. The Morgan fingerprint density at radius 3 is 2.48 bits per heavy atom. The molecule has 0 unspecified atom stereocenters. The Morgan fingerprint density at radius 2 is 1.90 bits per heavy atom. The molecular weight excluding hydrogens is 278 g/mol. The third kappa shape index (κ3) is 3.83. The Kier molecular flexibility index (Phi) is 5.76. The number of rotatable bonds is 7. The van der Waals surface area contributed by atoms with E-state index in [0.717, 1.165) is 30.9 Å². The number of benzene rings is 1. The molecule has 1 aromatic heterocycles. The van der Waals surface area contributed by atoms with Crippen molar-refractivity contribution >= 4 is 22.2 Å². The molecular formula is C17H25N3S.